The van der Waals surface area contributed by atoms with E-state index >= 15 is 0 Å². The minimum absolute atomic E-state index is 0.840. The second-order valence-electron chi connectivity index (χ2n) is 12.9. The molecule has 6 aromatic heterocycles. The average Bonchev–Trinajstić information content (AvgIpc) is 3.27. The van der Waals surface area contributed by atoms with Gasteiger partial charge in [0.25, 0.3) is 0 Å². The summed E-state index contributed by atoms with van der Waals surface area (Å²) in [5.41, 5.74) is 16.1. The van der Waals surface area contributed by atoms with E-state index < -0.39 is 0 Å². The highest BCUT2D eigenvalue weighted by atomic mass is 14.8. The van der Waals surface area contributed by atoms with Crippen LogP contribution in [0.4, 0.5) is 0 Å². The molecule has 3 aromatic carbocycles. The molecular weight excluding hydrogens is 661 g/mol. The molecule has 0 aliphatic heterocycles. The SMILES string of the molecule is c1ccc(-c2ccc(-c3ccc(-c4ccc(-c5ccccc5-c5ccc(-c6ccc(-c7ccc(-c8ccccn8)nc7)nc6)cc5)cc4)cn3)cn2)nc1. The standard InChI is InChI=1S/C48H32N6/c1-2-8-42(36-17-13-34(14-18-36)38-20-24-44(52-30-38)40-22-26-48(54-32-40)46-10-4-6-28-50-46)41(7-1)35-15-11-33(12-16-35)37-19-23-43(51-29-37)39-21-25-47(53-31-39)45-9-3-5-27-49-45/h1-32H. The van der Waals surface area contributed by atoms with E-state index in [4.69, 9.17) is 9.97 Å². The average molecular weight is 693 g/mol. The summed E-state index contributed by atoms with van der Waals surface area (Å²) in [4.78, 5) is 27.5. The summed E-state index contributed by atoms with van der Waals surface area (Å²) < 4.78 is 0. The Morgan fingerprint density at radius 3 is 0.870 bits per heavy atom. The second-order valence-corrected chi connectivity index (χ2v) is 12.9. The van der Waals surface area contributed by atoms with Gasteiger partial charge in [-0.1, -0.05) is 97.1 Å². The minimum atomic E-state index is 0.840. The summed E-state index contributed by atoms with van der Waals surface area (Å²) in [7, 11) is 0. The molecule has 0 radical (unpaired) electrons. The maximum absolute atomic E-state index is 4.76. The van der Waals surface area contributed by atoms with Gasteiger partial charge < -0.3 is 0 Å². The molecule has 6 heteroatoms. The third-order valence-corrected chi connectivity index (χ3v) is 9.49. The molecular formula is C48H32N6. The third kappa shape index (κ3) is 6.79. The summed E-state index contributed by atoms with van der Waals surface area (Å²) in [6.45, 7) is 0. The van der Waals surface area contributed by atoms with Gasteiger partial charge in [-0.3, -0.25) is 29.9 Å². The molecule has 6 heterocycles. The topological polar surface area (TPSA) is 77.3 Å². The van der Waals surface area contributed by atoms with Crippen molar-refractivity contribution in [1.29, 1.82) is 0 Å². The first-order valence-electron chi connectivity index (χ1n) is 17.7. The summed E-state index contributed by atoms with van der Waals surface area (Å²) in [6.07, 6.45) is 11.1. The molecule has 0 saturated carbocycles. The predicted octanol–water partition coefficient (Wildman–Crippen LogP) is 11.4. The monoisotopic (exact) mass is 692 g/mol. The number of rotatable bonds is 8. The molecule has 254 valence electrons. The van der Waals surface area contributed by atoms with E-state index in [2.05, 4.69) is 105 Å². The van der Waals surface area contributed by atoms with Gasteiger partial charge in [0.2, 0.25) is 0 Å². The number of benzene rings is 3. The first-order chi connectivity index (χ1) is 26.7. The molecule has 0 saturated heterocycles. The van der Waals surface area contributed by atoms with Gasteiger partial charge in [0.15, 0.2) is 0 Å². The van der Waals surface area contributed by atoms with Crippen LogP contribution in [0.1, 0.15) is 0 Å². The van der Waals surface area contributed by atoms with Crippen molar-refractivity contribution >= 4 is 0 Å². The van der Waals surface area contributed by atoms with E-state index in [1.807, 2.05) is 97.6 Å². The highest BCUT2D eigenvalue weighted by Crippen LogP contribution is 2.35. The van der Waals surface area contributed by atoms with Crippen LogP contribution in [0, 0.1) is 0 Å². The highest BCUT2D eigenvalue weighted by molar-refractivity contribution is 5.85. The van der Waals surface area contributed by atoms with Crippen LogP contribution < -0.4 is 0 Å². The zero-order chi connectivity index (χ0) is 36.1. The largest absolute Gasteiger partial charge is 0.256 e. The van der Waals surface area contributed by atoms with Crippen molar-refractivity contribution in [1.82, 2.24) is 29.9 Å². The maximum Gasteiger partial charge on any atom is 0.0886 e. The number of hydrogen-bond acceptors (Lipinski definition) is 6. The Labute approximate surface area is 313 Å². The van der Waals surface area contributed by atoms with Gasteiger partial charge in [0.1, 0.15) is 0 Å². The molecule has 0 amide bonds. The Kier molecular flexibility index (Phi) is 8.81. The lowest BCUT2D eigenvalue weighted by molar-refractivity contribution is 1.24. The molecule has 0 spiro atoms. The van der Waals surface area contributed by atoms with Crippen LogP contribution in [0.15, 0.2) is 195 Å². The third-order valence-electron chi connectivity index (χ3n) is 9.49. The summed E-state index contributed by atoms with van der Waals surface area (Å²) in [5, 5.41) is 0. The fraction of sp³-hybridized carbons (Fsp3) is 0. The van der Waals surface area contributed by atoms with E-state index in [1.165, 1.54) is 11.1 Å². The van der Waals surface area contributed by atoms with Gasteiger partial charge in [-0.15, -0.1) is 0 Å². The van der Waals surface area contributed by atoms with Crippen molar-refractivity contribution in [3.63, 3.8) is 0 Å². The highest BCUT2D eigenvalue weighted by Gasteiger charge is 2.10. The molecule has 0 aliphatic rings. The van der Waals surface area contributed by atoms with Crippen LogP contribution in [-0.4, -0.2) is 29.9 Å². The van der Waals surface area contributed by atoms with Gasteiger partial charge in [0.05, 0.1) is 34.2 Å². The van der Waals surface area contributed by atoms with Crippen molar-refractivity contribution in [2.45, 2.75) is 0 Å². The van der Waals surface area contributed by atoms with Crippen LogP contribution in [0.25, 0.3) is 89.8 Å². The molecule has 0 aliphatic carbocycles. The zero-order valence-electron chi connectivity index (χ0n) is 29.2. The van der Waals surface area contributed by atoms with E-state index in [-0.39, 0.29) is 0 Å². The molecule has 0 unspecified atom stereocenters. The lowest BCUT2D eigenvalue weighted by Gasteiger charge is -2.12. The van der Waals surface area contributed by atoms with Crippen LogP contribution in [-0.2, 0) is 0 Å². The summed E-state index contributed by atoms with van der Waals surface area (Å²) in [5.74, 6) is 0. The minimum Gasteiger partial charge on any atom is -0.256 e. The van der Waals surface area contributed by atoms with Crippen molar-refractivity contribution in [3.05, 3.63) is 195 Å². The summed E-state index contributed by atoms with van der Waals surface area (Å²) >= 11 is 0. The molecule has 9 rings (SSSR count). The van der Waals surface area contributed by atoms with Gasteiger partial charge in [-0.2, -0.15) is 0 Å². The number of aromatic nitrogens is 6. The van der Waals surface area contributed by atoms with Gasteiger partial charge >= 0.3 is 0 Å². The van der Waals surface area contributed by atoms with E-state index in [9.17, 15) is 0 Å². The Morgan fingerprint density at radius 1 is 0.204 bits per heavy atom. The number of nitrogens with zero attached hydrogens (tertiary/aromatic N) is 6. The van der Waals surface area contributed by atoms with Crippen molar-refractivity contribution in [2.75, 3.05) is 0 Å². The Morgan fingerprint density at radius 2 is 0.519 bits per heavy atom. The Balaban J connectivity index is 0.888. The van der Waals surface area contributed by atoms with Crippen molar-refractivity contribution in [3.8, 4) is 89.8 Å². The zero-order valence-corrected chi connectivity index (χ0v) is 29.2. The summed E-state index contributed by atoms with van der Waals surface area (Å²) in [6, 6.07) is 54.0. The van der Waals surface area contributed by atoms with Crippen LogP contribution in [0.2, 0.25) is 0 Å². The van der Waals surface area contributed by atoms with Crippen LogP contribution in [0.3, 0.4) is 0 Å². The van der Waals surface area contributed by atoms with Crippen molar-refractivity contribution < 1.29 is 0 Å². The van der Waals surface area contributed by atoms with Crippen molar-refractivity contribution in [2.24, 2.45) is 0 Å². The van der Waals surface area contributed by atoms with Crippen LogP contribution >= 0.6 is 0 Å². The van der Waals surface area contributed by atoms with E-state index in [1.54, 1.807) is 12.4 Å². The van der Waals surface area contributed by atoms with Gasteiger partial charge in [-0.25, -0.2) is 0 Å². The fourth-order valence-electron chi connectivity index (χ4n) is 6.56. The molecule has 6 nitrogen and oxygen atoms in total. The lowest BCUT2D eigenvalue weighted by atomic mass is 9.92. The molecule has 0 fully saturated rings. The Bertz CT molecular complexity index is 2440. The van der Waals surface area contributed by atoms with E-state index in [0.717, 1.165) is 78.7 Å². The smallest absolute Gasteiger partial charge is 0.0886 e. The first-order valence-corrected chi connectivity index (χ1v) is 17.7. The molecule has 0 atom stereocenters. The van der Waals surface area contributed by atoms with Gasteiger partial charge in [0, 0.05) is 59.4 Å². The fourth-order valence-corrected chi connectivity index (χ4v) is 6.56. The quantitative estimate of drug-likeness (QED) is 0.158. The molecule has 54 heavy (non-hydrogen) atoms. The number of pyridine rings is 6. The normalized spacial score (nSPS) is 11.0. The van der Waals surface area contributed by atoms with Crippen LogP contribution in [0.5, 0.6) is 0 Å². The van der Waals surface area contributed by atoms with Gasteiger partial charge in [-0.05, 0) is 94.0 Å². The second kappa shape index (κ2) is 14.7. The first kappa shape index (κ1) is 32.5. The maximum atomic E-state index is 4.76. The molecule has 9 aromatic rings. The predicted molar refractivity (Wildman–Crippen MR) is 217 cm³/mol. The molecule has 0 N–H and O–H groups in total. The number of hydrogen-bond donors (Lipinski definition) is 0. The van der Waals surface area contributed by atoms with E-state index in [0.29, 0.717) is 0 Å². The Hall–Kier alpha value is -7.44. The lowest BCUT2D eigenvalue weighted by Crippen LogP contribution is -1.90. The molecule has 0 bridgehead atoms.